The lowest BCUT2D eigenvalue weighted by Crippen LogP contribution is -2.53. The van der Waals surface area contributed by atoms with Gasteiger partial charge in [-0.05, 0) is 20.8 Å². The lowest BCUT2D eigenvalue weighted by atomic mass is 9.60. The van der Waals surface area contributed by atoms with Crippen LogP contribution >= 0.6 is 8.18 Å². The van der Waals surface area contributed by atoms with Gasteiger partial charge in [-0.2, -0.15) is 4.39 Å². The van der Waals surface area contributed by atoms with Gasteiger partial charge < -0.3 is 19.1 Å². The van der Waals surface area contributed by atoms with Gasteiger partial charge in [0.1, 0.15) is 33.9 Å². The van der Waals surface area contributed by atoms with E-state index in [0.717, 1.165) is 0 Å². The molecule has 0 aliphatic carbocycles. The SMILES string of the molecule is BC(B)(O[PH](=O)N[C@@H](C)C(=O)OC(C)C)C1O[C@@H](n2cc(F)c(=O)[nH]c2=O)C(F)(C#C)[C@H]1O. The van der Waals surface area contributed by atoms with Gasteiger partial charge in [0.15, 0.2) is 6.23 Å². The molecule has 180 valence electrons. The number of aliphatic hydroxyl groups is 1. The van der Waals surface area contributed by atoms with Crippen LogP contribution in [-0.2, 0) is 23.4 Å². The number of hydrogen-bond donors (Lipinski definition) is 3. The molecule has 2 heterocycles. The summed E-state index contributed by atoms with van der Waals surface area (Å²) < 4.78 is 58.0. The minimum atomic E-state index is -3.17. The Morgan fingerprint density at radius 3 is 2.64 bits per heavy atom. The molecule has 0 bridgehead atoms. The summed E-state index contributed by atoms with van der Waals surface area (Å²) in [7, 11) is -0.566. The summed E-state index contributed by atoms with van der Waals surface area (Å²) in [6, 6.07) is -1.01. The molecule has 0 aromatic carbocycles. The molecule has 1 saturated heterocycles. The Morgan fingerprint density at radius 2 is 2.09 bits per heavy atom. The molecule has 3 unspecified atom stereocenters. The summed E-state index contributed by atoms with van der Waals surface area (Å²) in [5.74, 6) is -0.395. The molecule has 33 heavy (non-hydrogen) atoms. The molecule has 0 radical (unpaired) electrons. The van der Waals surface area contributed by atoms with E-state index in [0.29, 0.717) is 10.8 Å². The van der Waals surface area contributed by atoms with Crippen molar-refractivity contribution in [1.29, 1.82) is 0 Å². The quantitative estimate of drug-likeness (QED) is 0.156. The number of aromatic amines is 1. The van der Waals surface area contributed by atoms with Gasteiger partial charge in [-0.1, -0.05) is 5.92 Å². The Hall–Kier alpha value is -2.23. The van der Waals surface area contributed by atoms with Crippen LogP contribution in [0.5, 0.6) is 0 Å². The molecule has 0 amide bonds. The maximum absolute atomic E-state index is 15.6. The molecule has 16 heteroatoms. The highest BCUT2D eigenvalue weighted by molar-refractivity contribution is 7.37. The van der Waals surface area contributed by atoms with E-state index in [1.54, 1.807) is 24.8 Å². The van der Waals surface area contributed by atoms with Gasteiger partial charge in [-0.25, -0.2) is 14.3 Å². The number of H-pyrrole nitrogens is 1. The Labute approximate surface area is 189 Å². The van der Waals surface area contributed by atoms with Gasteiger partial charge >= 0.3 is 11.7 Å². The lowest BCUT2D eigenvalue weighted by molar-refractivity contribution is -0.149. The smallest absolute Gasteiger partial charge is 0.330 e. The Bertz CT molecular complexity index is 1090. The zero-order valence-electron chi connectivity index (χ0n) is 18.5. The number of alkyl halides is 1. The summed E-state index contributed by atoms with van der Waals surface area (Å²) in [5.41, 5.74) is -5.62. The van der Waals surface area contributed by atoms with Crippen LogP contribution in [0.15, 0.2) is 15.8 Å². The number of carbonyl (C=O) groups is 1. The minimum absolute atomic E-state index is 0.362. The molecule has 1 aliphatic rings. The zero-order chi connectivity index (χ0) is 25.3. The number of ether oxygens (including phenoxy) is 2. The van der Waals surface area contributed by atoms with Crippen LogP contribution < -0.4 is 16.3 Å². The van der Waals surface area contributed by atoms with Gasteiger partial charge in [0.05, 0.1) is 12.3 Å². The first-order valence-corrected chi connectivity index (χ1v) is 11.2. The molecule has 3 N–H and O–H groups in total. The number of nitrogens with one attached hydrogen (secondary N) is 2. The highest BCUT2D eigenvalue weighted by atomic mass is 31.1. The second-order valence-electron chi connectivity index (χ2n) is 8.25. The normalized spacial score (nSPS) is 27.2. The molecule has 1 aliphatic heterocycles. The molecule has 1 aromatic rings. The van der Waals surface area contributed by atoms with Crippen molar-refractivity contribution in [3.63, 3.8) is 0 Å². The maximum Gasteiger partial charge on any atom is 0.330 e. The second kappa shape index (κ2) is 9.95. The molecule has 1 aromatic heterocycles. The Kier molecular flexibility index (Phi) is 8.14. The molecule has 0 saturated carbocycles. The van der Waals surface area contributed by atoms with Crippen molar-refractivity contribution < 1.29 is 37.2 Å². The van der Waals surface area contributed by atoms with Crippen molar-refractivity contribution in [3.8, 4) is 12.3 Å². The number of terminal acetylenes is 1. The fraction of sp³-hybridized carbons (Fsp3) is 0.588. The first kappa shape index (κ1) is 27.0. The fourth-order valence-corrected chi connectivity index (χ4v) is 4.30. The highest BCUT2D eigenvalue weighted by Crippen LogP contribution is 2.45. The fourth-order valence-electron chi connectivity index (χ4n) is 3.18. The topological polar surface area (TPSA) is 149 Å². The van der Waals surface area contributed by atoms with Crippen molar-refractivity contribution in [1.82, 2.24) is 14.6 Å². The number of esters is 1. The van der Waals surface area contributed by atoms with E-state index >= 15 is 4.39 Å². The number of aliphatic hydroxyl groups excluding tert-OH is 1. The summed E-state index contributed by atoms with van der Waals surface area (Å²) in [5, 5.41) is 11.3. The van der Waals surface area contributed by atoms with Gasteiger partial charge in [0.25, 0.3) is 13.7 Å². The van der Waals surface area contributed by atoms with Gasteiger partial charge in [0.2, 0.25) is 11.5 Å². The van der Waals surface area contributed by atoms with Gasteiger partial charge in [-0.15, -0.1) is 6.42 Å². The van der Waals surface area contributed by atoms with Crippen molar-refractivity contribution in [2.75, 3.05) is 0 Å². The van der Waals surface area contributed by atoms with Crippen LogP contribution in [0.3, 0.4) is 0 Å². The highest BCUT2D eigenvalue weighted by Gasteiger charge is 2.61. The van der Waals surface area contributed by atoms with Crippen LogP contribution in [0.25, 0.3) is 0 Å². The first-order chi connectivity index (χ1) is 15.1. The van der Waals surface area contributed by atoms with E-state index in [4.69, 9.17) is 20.4 Å². The van der Waals surface area contributed by atoms with Crippen molar-refractivity contribution >= 4 is 29.8 Å². The number of rotatable bonds is 8. The molecule has 2 rings (SSSR count). The Balaban J connectivity index is 2.27. The second-order valence-corrected chi connectivity index (χ2v) is 9.32. The van der Waals surface area contributed by atoms with Crippen molar-refractivity contribution in [2.24, 2.45) is 0 Å². The van der Waals surface area contributed by atoms with Crippen molar-refractivity contribution in [3.05, 3.63) is 32.9 Å². The average Bonchev–Trinajstić information content (AvgIpc) is 2.96. The van der Waals surface area contributed by atoms with E-state index in [2.05, 4.69) is 5.09 Å². The average molecular weight is 489 g/mol. The van der Waals surface area contributed by atoms with Crippen molar-refractivity contribution in [2.45, 2.75) is 62.4 Å². The number of nitrogens with zero attached hydrogens (tertiary/aromatic N) is 1. The van der Waals surface area contributed by atoms with Gasteiger partial charge in [-0.3, -0.25) is 23.7 Å². The van der Waals surface area contributed by atoms with Crippen LogP contribution in [-0.4, -0.2) is 71.7 Å². The summed E-state index contributed by atoms with van der Waals surface area (Å²) in [6.07, 6.45) is -0.509. The molecular formula is C17H24B2F2N3O8P. The zero-order valence-corrected chi connectivity index (χ0v) is 19.5. The standard InChI is InChI=1S/C17H24B2F2N3O8P/c1-5-16(21)10(25)11(31-14(16)24-6-9(20)12(26)22-15(24)28)17(18,19)32-33(29)23-8(4)13(27)30-7(2)3/h1,6-8,10-11,14,25,33H,18-19H2,2-4H3,(H,23,29)(H,22,26,28)/t8-,10-,11?,14+,16?/m0/s1. The predicted octanol–water partition coefficient (Wildman–Crippen LogP) is -2.47. The summed E-state index contributed by atoms with van der Waals surface area (Å²) >= 11 is 0. The van der Waals surface area contributed by atoms with E-state index < -0.39 is 72.9 Å². The number of hydrogen-bond acceptors (Lipinski definition) is 8. The number of halogens is 2. The monoisotopic (exact) mass is 489 g/mol. The maximum atomic E-state index is 15.6. The van der Waals surface area contributed by atoms with Crippen LogP contribution in [0.4, 0.5) is 8.78 Å². The lowest BCUT2D eigenvalue weighted by Gasteiger charge is -2.33. The van der Waals surface area contributed by atoms with E-state index in [1.807, 2.05) is 0 Å². The van der Waals surface area contributed by atoms with E-state index in [1.165, 1.54) is 22.6 Å². The molecular weight excluding hydrogens is 465 g/mol. The third kappa shape index (κ3) is 5.65. The third-order valence-corrected chi connectivity index (χ3v) is 6.21. The molecule has 6 atom stereocenters. The summed E-state index contributed by atoms with van der Waals surface area (Å²) in [4.78, 5) is 36.9. The van der Waals surface area contributed by atoms with Crippen LogP contribution in [0.2, 0.25) is 0 Å². The van der Waals surface area contributed by atoms with Crippen LogP contribution in [0, 0.1) is 18.2 Å². The Morgan fingerprint density at radius 1 is 1.48 bits per heavy atom. The first-order valence-electron chi connectivity index (χ1n) is 9.85. The number of carbonyl (C=O) groups excluding carboxylic acids is 1. The molecule has 11 nitrogen and oxygen atoms in total. The third-order valence-electron chi connectivity index (χ3n) is 4.83. The van der Waals surface area contributed by atoms with E-state index in [9.17, 15) is 28.4 Å². The van der Waals surface area contributed by atoms with Gasteiger partial charge in [0, 0.05) is 5.40 Å². The van der Waals surface area contributed by atoms with E-state index in [-0.39, 0.29) is 0 Å². The summed E-state index contributed by atoms with van der Waals surface area (Å²) in [6.45, 7) is 4.66. The van der Waals surface area contributed by atoms with Crippen LogP contribution in [0.1, 0.15) is 27.0 Å². The minimum Gasteiger partial charge on any atom is -0.462 e. The number of aromatic nitrogens is 2. The molecule has 1 fully saturated rings. The largest absolute Gasteiger partial charge is 0.462 e. The predicted molar refractivity (Wildman–Crippen MR) is 118 cm³/mol. The molecule has 0 spiro atoms.